The highest BCUT2D eigenvalue weighted by Crippen LogP contribution is 2.24. The van der Waals surface area contributed by atoms with Crippen LogP contribution in [0.2, 0.25) is 0 Å². The molecule has 6 heteroatoms. The second kappa shape index (κ2) is 6.18. The standard InChI is InChI=1S/C9H14Cl2O4/c1-3-5-6(4-2)15-8(14)9(10,11)7(12)13/h6H,3-5H2,1-2H3,(H,12,13). The van der Waals surface area contributed by atoms with Crippen molar-refractivity contribution < 1.29 is 19.4 Å². The summed E-state index contributed by atoms with van der Waals surface area (Å²) in [6, 6.07) is 0. The van der Waals surface area contributed by atoms with Crippen LogP contribution in [0.3, 0.4) is 0 Å². The van der Waals surface area contributed by atoms with Crippen LogP contribution in [0.25, 0.3) is 0 Å². The Morgan fingerprint density at radius 2 is 1.93 bits per heavy atom. The van der Waals surface area contributed by atoms with Crippen molar-refractivity contribution in [3.05, 3.63) is 0 Å². The molecule has 0 saturated carbocycles. The van der Waals surface area contributed by atoms with E-state index in [4.69, 9.17) is 33.0 Å². The highest BCUT2D eigenvalue weighted by atomic mass is 35.5. The minimum absolute atomic E-state index is 0.335. The zero-order valence-corrected chi connectivity index (χ0v) is 10.1. The van der Waals surface area contributed by atoms with Crippen molar-refractivity contribution in [3.63, 3.8) is 0 Å². The number of aliphatic carboxylic acids is 1. The van der Waals surface area contributed by atoms with Crippen molar-refractivity contribution >= 4 is 35.1 Å². The summed E-state index contributed by atoms with van der Waals surface area (Å²) in [5.74, 6) is -2.75. The number of esters is 1. The minimum atomic E-state index is -2.51. The number of carboxylic acid groups (broad SMARTS) is 1. The third-order valence-electron chi connectivity index (χ3n) is 1.86. The van der Waals surface area contributed by atoms with Crippen molar-refractivity contribution in [3.8, 4) is 0 Å². The highest BCUT2D eigenvalue weighted by Gasteiger charge is 2.45. The maximum absolute atomic E-state index is 11.3. The first-order valence-corrected chi connectivity index (χ1v) is 5.44. The van der Waals surface area contributed by atoms with Gasteiger partial charge in [0.25, 0.3) is 0 Å². The molecule has 0 amide bonds. The van der Waals surface area contributed by atoms with Crippen LogP contribution in [0.1, 0.15) is 33.1 Å². The molecular formula is C9H14Cl2O4. The number of hydrogen-bond acceptors (Lipinski definition) is 3. The van der Waals surface area contributed by atoms with Crippen LogP contribution in [0, 0.1) is 0 Å². The number of carbonyl (C=O) groups is 2. The van der Waals surface area contributed by atoms with Crippen LogP contribution in [-0.4, -0.2) is 27.5 Å². The van der Waals surface area contributed by atoms with Gasteiger partial charge in [-0.25, -0.2) is 9.59 Å². The van der Waals surface area contributed by atoms with Crippen LogP contribution in [0.4, 0.5) is 0 Å². The van der Waals surface area contributed by atoms with Gasteiger partial charge >= 0.3 is 16.3 Å². The Bertz CT molecular complexity index is 240. The Kier molecular flexibility index (Phi) is 5.98. The molecule has 0 aromatic carbocycles. The first kappa shape index (κ1) is 14.5. The molecule has 0 aromatic heterocycles. The molecule has 1 unspecified atom stereocenters. The van der Waals surface area contributed by atoms with Crippen molar-refractivity contribution in [2.45, 2.75) is 43.5 Å². The fourth-order valence-electron chi connectivity index (χ4n) is 0.981. The lowest BCUT2D eigenvalue weighted by Crippen LogP contribution is -2.38. The number of carboxylic acids is 1. The minimum Gasteiger partial charge on any atom is -0.479 e. The molecule has 15 heavy (non-hydrogen) atoms. The molecular weight excluding hydrogens is 243 g/mol. The number of hydrogen-bond donors (Lipinski definition) is 1. The highest BCUT2D eigenvalue weighted by molar-refractivity contribution is 6.66. The van der Waals surface area contributed by atoms with Crippen LogP contribution in [0.15, 0.2) is 0 Å². The van der Waals surface area contributed by atoms with E-state index in [0.29, 0.717) is 12.8 Å². The first-order valence-electron chi connectivity index (χ1n) is 4.68. The lowest BCUT2D eigenvalue weighted by Gasteiger charge is -2.19. The van der Waals surface area contributed by atoms with Gasteiger partial charge in [0.15, 0.2) is 0 Å². The fraction of sp³-hybridized carbons (Fsp3) is 0.778. The summed E-state index contributed by atoms with van der Waals surface area (Å²) in [5, 5.41) is 8.56. The SMILES string of the molecule is CCCC(CC)OC(=O)C(Cl)(Cl)C(=O)O. The molecule has 88 valence electrons. The van der Waals surface area contributed by atoms with Crippen LogP contribution in [0.5, 0.6) is 0 Å². The fourth-order valence-corrected chi connectivity index (χ4v) is 1.07. The van der Waals surface area contributed by atoms with Gasteiger partial charge in [0.2, 0.25) is 0 Å². The smallest absolute Gasteiger partial charge is 0.354 e. The van der Waals surface area contributed by atoms with Gasteiger partial charge in [0, 0.05) is 0 Å². The monoisotopic (exact) mass is 256 g/mol. The number of halogens is 2. The number of alkyl halides is 2. The molecule has 0 bridgehead atoms. The summed E-state index contributed by atoms with van der Waals surface area (Å²) in [7, 11) is 0. The summed E-state index contributed by atoms with van der Waals surface area (Å²) < 4.78 is 2.37. The van der Waals surface area contributed by atoms with E-state index in [1.54, 1.807) is 0 Å². The molecule has 0 aromatic rings. The van der Waals surface area contributed by atoms with E-state index in [9.17, 15) is 9.59 Å². The molecule has 0 aliphatic rings. The number of ether oxygens (including phenoxy) is 1. The van der Waals surface area contributed by atoms with Crippen molar-refractivity contribution in [2.75, 3.05) is 0 Å². The number of rotatable bonds is 6. The Hall–Kier alpha value is -0.480. The average Bonchev–Trinajstić information content (AvgIpc) is 2.16. The van der Waals surface area contributed by atoms with Gasteiger partial charge in [0.1, 0.15) is 6.10 Å². The van der Waals surface area contributed by atoms with E-state index in [2.05, 4.69) is 0 Å². The van der Waals surface area contributed by atoms with Crippen molar-refractivity contribution in [1.29, 1.82) is 0 Å². The molecule has 0 saturated heterocycles. The zero-order valence-electron chi connectivity index (χ0n) is 8.63. The van der Waals surface area contributed by atoms with Gasteiger partial charge in [-0.15, -0.1) is 0 Å². The lowest BCUT2D eigenvalue weighted by molar-refractivity contribution is -0.156. The molecule has 1 atom stereocenters. The van der Waals surface area contributed by atoms with Gasteiger partial charge < -0.3 is 9.84 Å². The molecule has 0 spiro atoms. The van der Waals surface area contributed by atoms with E-state index >= 15 is 0 Å². The second-order valence-corrected chi connectivity index (χ2v) is 4.43. The third kappa shape index (κ3) is 4.26. The molecule has 0 heterocycles. The summed E-state index contributed by atoms with van der Waals surface area (Å²) in [6.07, 6.45) is 1.75. The largest absolute Gasteiger partial charge is 0.479 e. The normalized spacial score (nSPS) is 13.3. The predicted octanol–water partition coefficient (Wildman–Crippen LogP) is 2.37. The maximum Gasteiger partial charge on any atom is 0.354 e. The Labute approximate surface area is 98.5 Å². The summed E-state index contributed by atoms with van der Waals surface area (Å²) in [4.78, 5) is 21.8. The van der Waals surface area contributed by atoms with E-state index in [-0.39, 0.29) is 6.10 Å². The zero-order chi connectivity index (χ0) is 12.1. The van der Waals surface area contributed by atoms with E-state index in [1.807, 2.05) is 13.8 Å². The second-order valence-electron chi connectivity index (χ2n) is 3.10. The van der Waals surface area contributed by atoms with Crippen LogP contribution >= 0.6 is 23.2 Å². The van der Waals surface area contributed by atoms with Gasteiger partial charge in [-0.05, 0) is 12.8 Å². The van der Waals surface area contributed by atoms with Gasteiger partial charge in [0.05, 0.1) is 0 Å². The van der Waals surface area contributed by atoms with E-state index < -0.39 is 16.3 Å². The first-order chi connectivity index (χ1) is 6.86. The molecule has 4 nitrogen and oxygen atoms in total. The van der Waals surface area contributed by atoms with Crippen molar-refractivity contribution in [1.82, 2.24) is 0 Å². The molecule has 0 rings (SSSR count). The van der Waals surface area contributed by atoms with Crippen molar-refractivity contribution in [2.24, 2.45) is 0 Å². The third-order valence-corrected chi connectivity index (χ3v) is 2.50. The quantitative estimate of drug-likeness (QED) is 0.450. The Balaban J connectivity index is 4.40. The Morgan fingerprint density at radius 1 is 1.40 bits per heavy atom. The Morgan fingerprint density at radius 3 is 2.27 bits per heavy atom. The van der Waals surface area contributed by atoms with E-state index in [0.717, 1.165) is 6.42 Å². The maximum atomic E-state index is 11.3. The molecule has 0 aliphatic carbocycles. The van der Waals surface area contributed by atoms with E-state index in [1.165, 1.54) is 0 Å². The lowest BCUT2D eigenvalue weighted by atomic mass is 10.1. The number of carbonyl (C=O) groups excluding carboxylic acids is 1. The summed E-state index contributed by atoms with van der Waals surface area (Å²) in [6.45, 7) is 3.76. The van der Waals surface area contributed by atoms with Crippen LogP contribution < -0.4 is 0 Å². The predicted molar refractivity (Wildman–Crippen MR) is 57.2 cm³/mol. The van der Waals surface area contributed by atoms with Gasteiger partial charge in [-0.1, -0.05) is 43.5 Å². The molecule has 0 fully saturated rings. The topological polar surface area (TPSA) is 63.6 Å². The molecule has 1 N–H and O–H groups in total. The summed E-state index contributed by atoms with van der Waals surface area (Å²) in [5.41, 5.74) is 0. The molecule has 0 aliphatic heterocycles. The molecule has 0 radical (unpaired) electrons. The van der Waals surface area contributed by atoms with Crippen LogP contribution in [-0.2, 0) is 14.3 Å². The average molecular weight is 257 g/mol. The van der Waals surface area contributed by atoms with Gasteiger partial charge in [-0.3, -0.25) is 0 Å². The summed E-state index contributed by atoms with van der Waals surface area (Å²) >= 11 is 10.6. The van der Waals surface area contributed by atoms with Gasteiger partial charge in [-0.2, -0.15) is 0 Å².